The number of aromatic amines is 1. The number of piperidine rings is 1. The number of H-pyrrole nitrogens is 1. The fourth-order valence-corrected chi connectivity index (χ4v) is 5.97. The smallest absolute Gasteiger partial charge is 0.224 e. The molecule has 1 aromatic heterocycles. The molecule has 5 atom stereocenters. The number of carbonyl (C=O) groups excluding carboxylic acids is 4. The number of nitriles is 1. The second-order valence-electron chi connectivity index (χ2n) is 12.2. The molecule has 2 amide bonds. The summed E-state index contributed by atoms with van der Waals surface area (Å²) in [6, 6.07) is 1.54. The number of nitrogens with zero attached hydrogens (tertiary/aromatic N) is 2. The van der Waals surface area contributed by atoms with Gasteiger partial charge >= 0.3 is 0 Å². The normalized spacial score (nSPS) is 19.6. The van der Waals surface area contributed by atoms with Crippen LogP contribution >= 0.6 is 0 Å². The van der Waals surface area contributed by atoms with Gasteiger partial charge < -0.3 is 15.2 Å². The van der Waals surface area contributed by atoms with Gasteiger partial charge in [0.15, 0.2) is 5.78 Å². The number of likely N-dealkylation sites (tertiary alicyclic amines) is 1. The molecule has 0 unspecified atom stereocenters. The molecule has 1 aliphatic rings. The average Bonchev–Trinajstić information content (AvgIpc) is 3.16. The highest BCUT2D eigenvalue weighted by atomic mass is 16.2. The standard InChI is InChI=1S/C32H50N4O4/c1-9-10-14-25(24(8)37)15-30(38)28(16-27-22(6)23(7)34-29(27)18-33)35-32(40)26(19(2)3)17-31(39)36-20(4)12-11-13-21(36)5/h19-21,25-26,28,34H,9-17H2,1-8H3,(H,35,40)/t20-,21+,25-,26-,28+/m0/s1. The maximum Gasteiger partial charge on any atom is 0.224 e. The second kappa shape index (κ2) is 15.2. The van der Waals surface area contributed by atoms with Crippen molar-refractivity contribution in [2.75, 3.05) is 0 Å². The van der Waals surface area contributed by atoms with E-state index < -0.39 is 17.9 Å². The van der Waals surface area contributed by atoms with Gasteiger partial charge in [0, 0.05) is 48.9 Å². The van der Waals surface area contributed by atoms with Crippen LogP contribution in [0.1, 0.15) is 115 Å². The predicted molar refractivity (Wildman–Crippen MR) is 157 cm³/mol. The van der Waals surface area contributed by atoms with E-state index in [-0.39, 0.29) is 60.6 Å². The molecule has 0 saturated carbocycles. The Bertz CT molecular complexity index is 1090. The van der Waals surface area contributed by atoms with Gasteiger partial charge in [-0.3, -0.25) is 19.2 Å². The van der Waals surface area contributed by atoms with Gasteiger partial charge in [0.25, 0.3) is 0 Å². The molecular formula is C32H50N4O4. The van der Waals surface area contributed by atoms with Crippen LogP contribution in [0.15, 0.2) is 0 Å². The summed E-state index contributed by atoms with van der Waals surface area (Å²) in [4.78, 5) is 58.2. The van der Waals surface area contributed by atoms with Gasteiger partial charge in [0.2, 0.25) is 11.8 Å². The minimum atomic E-state index is -0.902. The molecule has 8 nitrogen and oxygen atoms in total. The molecule has 40 heavy (non-hydrogen) atoms. The zero-order chi connectivity index (χ0) is 30.1. The maximum absolute atomic E-state index is 13.7. The van der Waals surface area contributed by atoms with E-state index in [0.29, 0.717) is 17.7 Å². The summed E-state index contributed by atoms with van der Waals surface area (Å²) in [5, 5.41) is 12.7. The van der Waals surface area contributed by atoms with Gasteiger partial charge in [0.05, 0.1) is 6.04 Å². The van der Waals surface area contributed by atoms with Crippen molar-refractivity contribution < 1.29 is 19.2 Å². The molecule has 0 aliphatic carbocycles. The van der Waals surface area contributed by atoms with Crippen LogP contribution < -0.4 is 5.32 Å². The number of ketones is 2. The molecule has 1 fully saturated rings. The van der Waals surface area contributed by atoms with E-state index in [1.807, 2.05) is 39.5 Å². The van der Waals surface area contributed by atoms with Gasteiger partial charge in [-0.1, -0.05) is 33.6 Å². The minimum Gasteiger partial charge on any atom is -0.350 e. The number of hydrogen-bond acceptors (Lipinski definition) is 5. The molecule has 1 aliphatic heterocycles. The Hall–Kier alpha value is -2.95. The molecule has 2 rings (SSSR count). The fraction of sp³-hybridized carbons (Fsp3) is 0.719. The minimum absolute atomic E-state index is 0.0310. The first-order chi connectivity index (χ1) is 18.8. The maximum atomic E-state index is 13.7. The van der Waals surface area contributed by atoms with Crippen molar-refractivity contribution in [1.29, 1.82) is 5.26 Å². The van der Waals surface area contributed by atoms with E-state index in [1.165, 1.54) is 6.92 Å². The zero-order valence-electron chi connectivity index (χ0n) is 25.9. The Labute approximate surface area is 240 Å². The Morgan fingerprint density at radius 2 is 1.73 bits per heavy atom. The number of amides is 2. The summed E-state index contributed by atoms with van der Waals surface area (Å²) >= 11 is 0. The highest BCUT2D eigenvalue weighted by molar-refractivity contribution is 5.94. The van der Waals surface area contributed by atoms with Gasteiger partial charge in [-0.15, -0.1) is 0 Å². The van der Waals surface area contributed by atoms with Crippen molar-refractivity contribution in [2.24, 2.45) is 17.8 Å². The molecular weight excluding hydrogens is 504 g/mol. The third kappa shape index (κ3) is 8.52. The summed E-state index contributed by atoms with van der Waals surface area (Å²) in [6.07, 6.45) is 5.66. The van der Waals surface area contributed by atoms with Crippen LogP contribution in [0.25, 0.3) is 0 Å². The van der Waals surface area contributed by atoms with Gasteiger partial charge in [-0.2, -0.15) is 5.26 Å². The second-order valence-corrected chi connectivity index (χ2v) is 12.2. The van der Waals surface area contributed by atoms with E-state index in [4.69, 9.17) is 0 Å². The topological polar surface area (TPSA) is 123 Å². The molecule has 0 radical (unpaired) electrons. The molecule has 1 aromatic rings. The first-order valence-electron chi connectivity index (χ1n) is 15.0. The molecule has 2 heterocycles. The third-order valence-corrected chi connectivity index (χ3v) is 8.80. The van der Waals surface area contributed by atoms with Crippen LogP contribution in [0.3, 0.4) is 0 Å². The lowest BCUT2D eigenvalue weighted by Crippen LogP contribution is -2.50. The molecule has 222 valence electrons. The summed E-state index contributed by atoms with van der Waals surface area (Å²) in [5.41, 5.74) is 2.78. The summed E-state index contributed by atoms with van der Waals surface area (Å²) in [7, 11) is 0. The van der Waals surface area contributed by atoms with Crippen molar-refractivity contribution in [3.63, 3.8) is 0 Å². The molecule has 1 saturated heterocycles. The molecule has 0 spiro atoms. The quantitative estimate of drug-likeness (QED) is 0.321. The summed E-state index contributed by atoms with van der Waals surface area (Å²) in [5.74, 6) is -1.74. The van der Waals surface area contributed by atoms with Crippen LogP contribution in [0.2, 0.25) is 0 Å². The van der Waals surface area contributed by atoms with E-state index >= 15 is 0 Å². The number of aromatic nitrogens is 1. The number of unbranched alkanes of at least 4 members (excludes halogenated alkanes) is 1. The largest absolute Gasteiger partial charge is 0.350 e. The van der Waals surface area contributed by atoms with Crippen LogP contribution in [0.4, 0.5) is 0 Å². The Balaban J connectivity index is 2.33. The van der Waals surface area contributed by atoms with E-state index in [1.54, 1.807) is 0 Å². The van der Waals surface area contributed by atoms with Crippen molar-refractivity contribution in [3.05, 3.63) is 22.5 Å². The predicted octanol–water partition coefficient (Wildman–Crippen LogP) is 5.34. The van der Waals surface area contributed by atoms with Crippen molar-refractivity contribution in [1.82, 2.24) is 15.2 Å². The molecule has 2 N–H and O–H groups in total. The van der Waals surface area contributed by atoms with Crippen LogP contribution in [-0.4, -0.2) is 51.4 Å². The number of aryl methyl sites for hydroxylation is 1. The van der Waals surface area contributed by atoms with Crippen LogP contribution in [-0.2, 0) is 25.6 Å². The van der Waals surface area contributed by atoms with Crippen LogP contribution in [0.5, 0.6) is 0 Å². The SMILES string of the molecule is CCCC[C@@H](CC(=O)[C@@H](Cc1c(C#N)[nH]c(C)c1C)NC(=O)[C@@H](CC(=O)N1[C@H](C)CCC[C@@H]1C)C(C)C)C(C)=O. The lowest BCUT2D eigenvalue weighted by Gasteiger charge is -2.40. The number of rotatable bonds is 14. The number of Topliss-reactive ketones (excluding diaryl/α,β-unsaturated/α-hetero) is 2. The van der Waals surface area contributed by atoms with Crippen molar-refractivity contribution >= 4 is 23.4 Å². The van der Waals surface area contributed by atoms with E-state index in [0.717, 1.165) is 43.4 Å². The zero-order valence-corrected chi connectivity index (χ0v) is 25.9. The number of hydrogen-bond donors (Lipinski definition) is 2. The third-order valence-electron chi connectivity index (χ3n) is 8.80. The van der Waals surface area contributed by atoms with E-state index in [2.05, 4.69) is 30.2 Å². The Morgan fingerprint density at radius 3 is 2.25 bits per heavy atom. The van der Waals surface area contributed by atoms with E-state index in [9.17, 15) is 24.4 Å². The monoisotopic (exact) mass is 554 g/mol. The molecule has 0 aromatic carbocycles. The first kappa shape index (κ1) is 33.3. The van der Waals surface area contributed by atoms with Crippen molar-refractivity contribution in [3.8, 4) is 6.07 Å². The first-order valence-corrected chi connectivity index (χ1v) is 15.0. The fourth-order valence-electron chi connectivity index (χ4n) is 5.97. The molecule has 8 heteroatoms. The highest BCUT2D eigenvalue weighted by Crippen LogP contribution is 2.27. The highest BCUT2D eigenvalue weighted by Gasteiger charge is 2.35. The lowest BCUT2D eigenvalue weighted by atomic mass is 9.86. The van der Waals surface area contributed by atoms with Gasteiger partial charge in [-0.25, -0.2) is 0 Å². The van der Waals surface area contributed by atoms with Crippen LogP contribution in [0, 0.1) is 42.9 Å². The van der Waals surface area contributed by atoms with Gasteiger partial charge in [0.1, 0.15) is 17.5 Å². The summed E-state index contributed by atoms with van der Waals surface area (Å²) in [6.45, 7) is 15.3. The number of nitrogens with one attached hydrogen (secondary N) is 2. The molecule has 0 bridgehead atoms. The van der Waals surface area contributed by atoms with Crippen molar-refractivity contribution in [2.45, 2.75) is 131 Å². The lowest BCUT2D eigenvalue weighted by molar-refractivity contribution is -0.142. The Kier molecular flexibility index (Phi) is 12.6. The Morgan fingerprint density at radius 1 is 1.10 bits per heavy atom. The number of carbonyl (C=O) groups is 4. The summed E-state index contributed by atoms with van der Waals surface area (Å²) < 4.78 is 0. The average molecular weight is 555 g/mol. The van der Waals surface area contributed by atoms with Gasteiger partial charge in [-0.05, 0) is 77.3 Å².